The zero-order valence-electron chi connectivity index (χ0n) is 17.0. The maximum atomic E-state index is 12.7. The third-order valence-electron chi connectivity index (χ3n) is 4.83. The van der Waals surface area contributed by atoms with Crippen molar-refractivity contribution in [2.45, 2.75) is 6.92 Å². The molecule has 3 aromatic carbocycles. The number of pyridine rings is 1. The number of aryl methyl sites for hydroxylation is 1. The van der Waals surface area contributed by atoms with E-state index in [4.69, 9.17) is 14.2 Å². The SMILES string of the molecule is COc1cc2nccc(Oc3ccc(C(=O)c4cccc(C)c4)cc3)c2cc1OC. The first-order chi connectivity index (χ1) is 14.6. The van der Waals surface area contributed by atoms with E-state index in [1.807, 2.05) is 43.3 Å². The molecule has 0 fully saturated rings. The number of nitrogens with zero attached hydrogens (tertiary/aromatic N) is 1. The van der Waals surface area contributed by atoms with Crippen molar-refractivity contribution in [3.05, 3.63) is 89.6 Å². The van der Waals surface area contributed by atoms with Gasteiger partial charge in [-0.25, -0.2) is 0 Å². The summed E-state index contributed by atoms with van der Waals surface area (Å²) >= 11 is 0. The molecule has 0 atom stereocenters. The number of ketones is 1. The standard InChI is InChI=1S/C25H21NO4/c1-16-5-4-6-18(13-16)25(27)17-7-9-19(10-8-17)30-22-11-12-26-21-15-24(29-3)23(28-2)14-20(21)22/h4-15H,1-3H3. The highest BCUT2D eigenvalue weighted by atomic mass is 16.5. The molecule has 0 spiro atoms. The zero-order chi connectivity index (χ0) is 21.1. The van der Waals surface area contributed by atoms with E-state index in [9.17, 15) is 4.79 Å². The molecule has 0 saturated carbocycles. The highest BCUT2D eigenvalue weighted by Gasteiger charge is 2.13. The fourth-order valence-corrected chi connectivity index (χ4v) is 3.29. The minimum Gasteiger partial charge on any atom is -0.493 e. The van der Waals surface area contributed by atoms with Crippen molar-refractivity contribution in [3.8, 4) is 23.0 Å². The molecule has 0 amide bonds. The van der Waals surface area contributed by atoms with E-state index < -0.39 is 0 Å². The summed E-state index contributed by atoms with van der Waals surface area (Å²) in [5.74, 6) is 2.45. The van der Waals surface area contributed by atoms with Crippen LogP contribution in [0.1, 0.15) is 21.5 Å². The average Bonchev–Trinajstić information content (AvgIpc) is 2.78. The molecule has 0 aliphatic carbocycles. The summed E-state index contributed by atoms with van der Waals surface area (Å²) in [7, 11) is 3.17. The third-order valence-corrected chi connectivity index (χ3v) is 4.83. The van der Waals surface area contributed by atoms with Gasteiger partial charge in [0.05, 0.1) is 19.7 Å². The van der Waals surface area contributed by atoms with Gasteiger partial charge in [-0.15, -0.1) is 0 Å². The second kappa shape index (κ2) is 8.25. The van der Waals surface area contributed by atoms with Gasteiger partial charge in [0.25, 0.3) is 0 Å². The van der Waals surface area contributed by atoms with Crippen LogP contribution in [-0.2, 0) is 0 Å². The van der Waals surface area contributed by atoms with Crippen LogP contribution >= 0.6 is 0 Å². The van der Waals surface area contributed by atoms with Crippen LogP contribution in [0.4, 0.5) is 0 Å². The van der Waals surface area contributed by atoms with Gasteiger partial charge in [-0.3, -0.25) is 9.78 Å². The van der Waals surface area contributed by atoms with Gasteiger partial charge in [-0.05, 0) is 49.4 Å². The molecule has 0 aliphatic heterocycles. The van der Waals surface area contributed by atoms with Crippen LogP contribution in [0, 0.1) is 6.92 Å². The number of carbonyl (C=O) groups excluding carboxylic acids is 1. The molecule has 0 radical (unpaired) electrons. The second-order valence-corrected chi connectivity index (χ2v) is 6.86. The van der Waals surface area contributed by atoms with E-state index in [0.717, 1.165) is 16.5 Å². The third kappa shape index (κ3) is 3.82. The summed E-state index contributed by atoms with van der Waals surface area (Å²) in [6, 6.07) is 20.1. The number of hydrogen-bond acceptors (Lipinski definition) is 5. The summed E-state index contributed by atoms with van der Waals surface area (Å²) < 4.78 is 16.8. The summed E-state index contributed by atoms with van der Waals surface area (Å²) in [6.45, 7) is 1.97. The molecule has 0 unspecified atom stereocenters. The Morgan fingerprint density at radius 2 is 1.53 bits per heavy atom. The van der Waals surface area contributed by atoms with Crippen LogP contribution in [0.5, 0.6) is 23.0 Å². The monoisotopic (exact) mass is 399 g/mol. The van der Waals surface area contributed by atoms with E-state index in [0.29, 0.717) is 34.1 Å². The fraction of sp³-hybridized carbons (Fsp3) is 0.120. The molecule has 4 aromatic rings. The summed E-state index contributed by atoms with van der Waals surface area (Å²) in [5.41, 5.74) is 3.07. The molecular weight excluding hydrogens is 378 g/mol. The Bertz CT molecular complexity index is 1220. The molecule has 5 nitrogen and oxygen atoms in total. The van der Waals surface area contributed by atoms with Gasteiger partial charge in [0.1, 0.15) is 11.5 Å². The van der Waals surface area contributed by atoms with Crippen molar-refractivity contribution in [2.24, 2.45) is 0 Å². The van der Waals surface area contributed by atoms with E-state index >= 15 is 0 Å². The molecule has 0 bridgehead atoms. The van der Waals surface area contributed by atoms with Crippen LogP contribution in [0.2, 0.25) is 0 Å². The van der Waals surface area contributed by atoms with Crippen LogP contribution < -0.4 is 14.2 Å². The Labute approximate surface area is 174 Å². The predicted octanol–water partition coefficient (Wildman–Crippen LogP) is 5.58. The quantitative estimate of drug-likeness (QED) is 0.396. The highest BCUT2D eigenvalue weighted by Crippen LogP contribution is 2.36. The highest BCUT2D eigenvalue weighted by molar-refractivity contribution is 6.09. The van der Waals surface area contributed by atoms with E-state index in [2.05, 4.69) is 4.98 Å². The van der Waals surface area contributed by atoms with Crippen LogP contribution in [0.15, 0.2) is 72.9 Å². The molecule has 5 heteroatoms. The summed E-state index contributed by atoms with van der Waals surface area (Å²) in [4.78, 5) is 17.1. The Hall–Kier alpha value is -3.86. The van der Waals surface area contributed by atoms with Gasteiger partial charge in [-0.1, -0.05) is 23.8 Å². The lowest BCUT2D eigenvalue weighted by Crippen LogP contribution is -2.01. The normalized spacial score (nSPS) is 10.6. The minimum absolute atomic E-state index is 0.0172. The van der Waals surface area contributed by atoms with Crippen molar-refractivity contribution in [3.63, 3.8) is 0 Å². The molecule has 0 saturated heterocycles. The molecule has 1 heterocycles. The minimum atomic E-state index is -0.0172. The van der Waals surface area contributed by atoms with E-state index in [1.54, 1.807) is 50.7 Å². The Morgan fingerprint density at radius 3 is 2.23 bits per heavy atom. The van der Waals surface area contributed by atoms with Crippen molar-refractivity contribution in [2.75, 3.05) is 14.2 Å². The molecule has 30 heavy (non-hydrogen) atoms. The van der Waals surface area contributed by atoms with Crippen molar-refractivity contribution in [1.82, 2.24) is 4.98 Å². The molecular formula is C25H21NO4. The largest absolute Gasteiger partial charge is 0.493 e. The van der Waals surface area contributed by atoms with Gasteiger partial charge < -0.3 is 14.2 Å². The topological polar surface area (TPSA) is 57.7 Å². The van der Waals surface area contributed by atoms with Gasteiger partial charge in [0.15, 0.2) is 17.3 Å². The number of fused-ring (bicyclic) bond motifs is 1. The van der Waals surface area contributed by atoms with E-state index in [1.165, 1.54) is 0 Å². The second-order valence-electron chi connectivity index (χ2n) is 6.86. The maximum absolute atomic E-state index is 12.7. The van der Waals surface area contributed by atoms with Crippen LogP contribution in [-0.4, -0.2) is 25.0 Å². The maximum Gasteiger partial charge on any atom is 0.193 e. The number of ether oxygens (including phenoxy) is 3. The van der Waals surface area contributed by atoms with Gasteiger partial charge >= 0.3 is 0 Å². The van der Waals surface area contributed by atoms with Crippen LogP contribution in [0.25, 0.3) is 10.9 Å². The first kappa shape index (κ1) is 19.5. The number of benzene rings is 3. The molecule has 4 rings (SSSR count). The predicted molar refractivity (Wildman–Crippen MR) is 116 cm³/mol. The molecule has 0 N–H and O–H groups in total. The summed E-state index contributed by atoms with van der Waals surface area (Å²) in [5, 5.41) is 0.801. The lowest BCUT2D eigenvalue weighted by Gasteiger charge is -2.12. The molecule has 150 valence electrons. The first-order valence-electron chi connectivity index (χ1n) is 9.49. The number of aromatic nitrogens is 1. The van der Waals surface area contributed by atoms with Crippen LogP contribution in [0.3, 0.4) is 0 Å². The number of methoxy groups -OCH3 is 2. The molecule has 1 aromatic heterocycles. The number of rotatable bonds is 6. The average molecular weight is 399 g/mol. The fourth-order valence-electron chi connectivity index (χ4n) is 3.29. The lowest BCUT2D eigenvalue weighted by atomic mass is 10.0. The smallest absolute Gasteiger partial charge is 0.193 e. The van der Waals surface area contributed by atoms with Gasteiger partial charge in [0, 0.05) is 28.8 Å². The number of carbonyl (C=O) groups is 1. The lowest BCUT2D eigenvalue weighted by molar-refractivity contribution is 0.103. The summed E-state index contributed by atoms with van der Waals surface area (Å²) in [6.07, 6.45) is 1.68. The Kier molecular flexibility index (Phi) is 5.35. The van der Waals surface area contributed by atoms with Gasteiger partial charge in [0.2, 0.25) is 0 Å². The zero-order valence-corrected chi connectivity index (χ0v) is 17.0. The van der Waals surface area contributed by atoms with Crippen molar-refractivity contribution >= 4 is 16.7 Å². The van der Waals surface area contributed by atoms with E-state index in [-0.39, 0.29) is 5.78 Å². The Balaban J connectivity index is 1.62. The Morgan fingerprint density at radius 1 is 0.800 bits per heavy atom. The number of hydrogen-bond donors (Lipinski definition) is 0. The van der Waals surface area contributed by atoms with Crippen molar-refractivity contribution in [1.29, 1.82) is 0 Å². The van der Waals surface area contributed by atoms with Crippen molar-refractivity contribution < 1.29 is 19.0 Å². The first-order valence-corrected chi connectivity index (χ1v) is 9.49. The molecule has 0 aliphatic rings. The van der Waals surface area contributed by atoms with Gasteiger partial charge in [-0.2, -0.15) is 0 Å².